The molecule has 1 heterocycles. The SMILES string of the molecule is C=C1C(N)CCCCN1C. The molecule has 0 saturated carbocycles. The van der Waals surface area contributed by atoms with E-state index in [1.807, 2.05) is 0 Å². The largest absolute Gasteiger partial charge is 0.377 e. The molecule has 1 saturated heterocycles. The number of rotatable bonds is 0. The number of nitrogens with two attached hydrogens (primary N) is 1. The number of nitrogens with zero attached hydrogens (tertiary/aromatic N) is 1. The molecule has 1 aliphatic rings. The maximum atomic E-state index is 5.83. The van der Waals surface area contributed by atoms with E-state index in [1.165, 1.54) is 12.8 Å². The second kappa shape index (κ2) is 3.06. The minimum Gasteiger partial charge on any atom is -0.377 e. The molecule has 0 aromatic heterocycles. The summed E-state index contributed by atoms with van der Waals surface area (Å²) in [4.78, 5) is 2.16. The number of hydrogen-bond donors (Lipinski definition) is 1. The molecule has 0 aromatic carbocycles. The molecule has 0 aliphatic carbocycles. The van der Waals surface area contributed by atoms with Gasteiger partial charge in [0.15, 0.2) is 0 Å². The van der Waals surface area contributed by atoms with Gasteiger partial charge in [-0.2, -0.15) is 0 Å². The standard InChI is InChI=1S/C8H16N2/c1-7-8(9)5-3-4-6-10(7)2/h8H,1,3-6,9H2,2H3. The van der Waals surface area contributed by atoms with Crippen LogP contribution in [0.5, 0.6) is 0 Å². The highest BCUT2D eigenvalue weighted by atomic mass is 15.1. The molecule has 0 amide bonds. The van der Waals surface area contributed by atoms with Gasteiger partial charge in [-0.3, -0.25) is 0 Å². The van der Waals surface area contributed by atoms with E-state index in [0.717, 1.165) is 18.7 Å². The van der Waals surface area contributed by atoms with Gasteiger partial charge in [0, 0.05) is 25.3 Å². The summed E-state index contributed by atoms with van der Waals surface area (Å²) in [7, 11) is 2.06. The van der Waals surface area contributed by atoms with Gasteiger partial charge in [-0.25, -0.2) is 0 Å². The van der Waals surface area contributed by atoms with Gasteiger partial charge in [0.05, 0.1) is 0 Å². The number of likely N-dealkylation sites (tertiary alicyclic amines) is 1. The fourth-order valence-corrected chi connectivity index (χ4v) is 1.31. The van der Waals surface area contributed by atoms with E-state index < -0.39 is 0 Å². The van der Waals surface area contributed by atoms with Crippen LogP contribution in [0.3, 0.4) is 0 Å². The van der Waals surface area contributed by atoms with Crippen LogP contribution in [0, 0.1) is 0 Å². The quantitative estimate of drug-likeness (QED) is 0.542. The predicted octanol–water partition coefficient (Wildman–Crippen LogP) is 0.943. The van der Waals surface area contributed by atoms with Crippen molar-refractivity contribution in [1.82, 2.24) is 4.90 Å². The van der Waals surface area contributed by atoms with Crippen LogP contribution in [0.4, 0.5) is 0 Å². The van der Waals surface area contributed by atoms with E-state index in [9.17, 15) is 0 Å². The molecular formula is C8H16N2. The van der Waals surface area contributed by atoms with Gasteiger partial charge in [-0.05, 0) is 19.3 Å². The first-order valence-electron chi connectivity index (χ1n) is 3.87. The first-order chi connectivity index (χ1) is 4.72. The van der Waals surface area contributed by atoms with Crippen LogP contribution in [0.25, 0.3) is 0 Å². The molecule has 10 heavy (non-hydrogen) atoms. The minimum absolute atomic E-state index is 0.201. The molecule has 2 nitrogen and oxygen atoms in total. The highest BCUT2D eigenvalue weighted by Crippen LogP contribution is 2.15. The van der Waals surface area contributed by atoms with E-state index in [0.29, 0.717) is 0 Å². The van der Waals surface area contributed by atoms with Crippen molar-refractivity contribution >= 4 is 0 Å². The van der Waals surface area contributed by atoms with Gasteiger partial charge >= 0.3 is 0 Å². The van der Waals surface area contributed by atoms with Crippen LogP contribution in [0.2, 0.25) is 0 Å². The Labute approximate surface area is 62.7 Å². The topological polar surface area (TPSA) is 29.3 Å². The zero-order valence-electron chi connectivity index (χ0n) is 6.64. The molecule has 1 unspecified atom stereocenters. The summed E-state index contributed by atoms with van der Waals surface area (Å²) in [5, 5.41) is 0. The molecule has 2 heteroatoms. The Kier molecular flexibility index (Phi) is 2.33. The Balaban J connectivity index is 2.55. The Bertz CT molecular complexity index is 117. The van der Waals surface area contributed by atoms with Crippen molar-refractivity contribution in [2.75, 3.05) is 13.6 Å². The zero-order valence-corrected chi connectivity index (χ0v) is 6.64. The first-order valence-corrected chi connectivity index (χ1v) is 3.87. The summed E-state index contributed by atoms with van der Waals surface area (Å²) in [5.74, 6) is 0. The second-order valence-electron chi connectivity index (χ2n) is 3.02. The highest BCUT2D eigenvalue weighted by Gasteiger charge is 2.14. The third-order valence-electron chi connectivity index (χ3n) is 2.18. The van der Waals surface area contributed by atoms with Crippen LogP contribution < -0.4 is 5.73 Å². The van der Waals surface area contributed by atoms with Crippen LogP contribution in [-0.2, 0) is 0 Å². The van der Waals surface area contributed by atoms with Gasteiger partial charge in [-0.15, -0.1) is 0 Å². The lowest BCUT2D eigenvalue weighted by Crippen LogP contribution is -2.29. The lowest BCUT2D eigenvalue weighted by Gasteiger charge is -2.21. The van der Waals surface area contributed by atoms with Crippen molar-refractivity contribution in [3.8, 4) is 0 Å². The second-order valence-corrected chi connectivity index (χ2v) is 3.02. The van der Waals surface area contributed by atoms with Gasteiger partial charge in [0.2, 0.25) is 0 Å². The summed E-state index contributed by atoms with van der Waals surface area (Å²) in [6.45, 7) is 5.05. The fourth-order valence-electron chi connectivity index (χ4n) is 1.31. The number of likely N-dealkylation sites (N-methyl/N-ethyl adjacent to an activating group) is 1. The summed E-state index contributed by atoms with van der Waals surface area (Å²) in [5.41, 5.74) is 6.92. The number of hydrogen-bond acceptors (Lipinski definition) is 2. The van der Waals surface area contributed by atoms with Gasteiger partial charge in [0.25, 0.3) is 0 Å². The summed E-state index contributed by atoms with van der Waals surface area (Å²) < 4.78 is 0. The molecule has 0 aromatic rings. The molecule has 2 N–H and O–H groups in total. The molecule has 0 spiro atoms. The van der Waals surface area contributed by atoms with Gasteiger partial charge in [-0.1, -0.05) is 6.58 Å². The maximum Gasteiger partial charge on any atom is 0.0440 e. The highest BCUT2D eigenvalue weighted by molar-refractivity contribution is 5.03. The van der Waals surface area contributed by atoms with Crippen molar-refractivity contribution < 1.29 is 0 Å². The molecule has 1 atom stereocenters. The molecule has 58 valence electrons. The zero-order chi connectivity index (χ0) is 7.56. The monoisotopic (exact) mass is 140 g/mol. The lowest BCUT2D eigenvalue weighted by atomic mass is 10.1. The van der Waals surface area contributed by atoms with Crippen LogP contribution in [0.1, 0.15) is 19.3 Å². The van der Waals surface area contributed by atoms with Crippen LogP contribution in [0.15, 0.2) is 12.3 Å². The third-order valence-corrected chi connectivity index (χ3v) is 2.18. The van der Waals surface area contributed by atoms with Crippen molar-refractivity contribution in [2.24, 2.45) is 5.73 Å². The Hall–Kier alpha value is -0.500. The minimum atomic E-state index is 0.201. The summed E-state index contributed by atoms with van der Waals surface area (Å²) in [6, 6.07) is 0.201. The molecule has 0 bridgehead atoms. The van der Waals surface area contributed by atoms with Gasteiger partial charge in [0.1, 0.15) is 0 Å². The van der Waals surface area contributed by atoms with Gasteiger partial charge < -0.3 is 10.6 Å². The van der Waals surface area contributed by atoms with E-state index in [4.69, 9.17) is 5.73 Å². The fraction of sp³-hybridized carbons (Fsp3) is 0.750. The molecule has 1 rings (SSSR count). The Morgan fingerprint density at radius 3 is 3.00 bits per heavy atom. The molecule has 1 aliphatic heterocycles. The van der Waals surface area contributed by atoms with Crippen LogP contribution in [-0.4, -0.2) is 24.5 Å². The van der Waals surface area contributed by atoms with Crippen LogP contribution >= 0.6 is 0 Å². The Morgan fingerprint density at radius 1 is 1.60 bits per heavy atom. The summed E-state index contributed by atoms with van der Waals surface area (Å²) in [6.07, 6.45) is 3.59. The van der Waals surface area contributed by atoms with E-state index in [2.05, 4.69) is 18.5 Å². The summed E-state index contributed by atoms with van der Waals surface area (Å²) >= 11 is 0. The first kappa shape index (κ1) is 7.61. The average Bonchev–Trinajstić information content (AvgIpc) is 2.04. The van der Waals surface area contributed by atoms with Crippen molar-refractivity contribution in [3.05, 3.63) is 12.3 Å². The van der Waals surface area contributed by atoms with Crippen molar-refractivity contribution in [1.29, 1.82) is 0 Å². The lowest BCUT2D eigenvalue weighted by molar-refractivity contribution is 0.409. The smallest absolute Gasteiger partial charge is 0.0440 e. The maximum absolute atomic E-state index is 5.83. The average molecular weight is 140 g/mol. The van der Waals surface area contributed by atoms with Crippen molar-refractivity contribution in [2.45, 2.75) is 25.3 Å². The van der Waals surface area contributed by atoms with Crippen molar-refractivity contribution in [3.63, 3.8) is 0 Å². The van der Waals surface area contributed by atoms with E-state index >= 15 is 0 Å². The normalized spacial score (nSPS) is 28.4. The molecule has 1 fully saturated rings. The molecular weight excluding hydrogens is 124 g/mol. The molecule has 0 radical (unpaired) electrons. The predicted molar refractivity (Wildman–Crippen MR) is 43.6 cm³/mol. The Morgan fingerprint density at radius 2 is 2.30 bits per heavy atom. The van der Waals surface area contributed by atoms with E-state index in [1.54, 1.807) is 0 Å². The third kappa shape index (κ3) is 1.51. The van der Waals surface area contributed by atoms with E-state index in [-0.39, 0.29) is 6.04 Å².